The number of carbonyl (C=O) groups excluding carboxylic acids is 2. The molecule has 5 heteroatoms. The number of benzene rings is 1. The number of rotatable bonds is 3. The van der Waals surface area contributed by atoms with E-state index < -0.39 is 0 Å². The molecule has 5 nitrogen and oxygen atoms in total. The fraction of sp³-hybridized carbons (Fsp3) is 0.667. The Hall–Kier alpha value is -2.04. The van der Waals surface area contributed by atoms with Crippen LogP contribution in [0.4, 0.5) is 5.69 Å². The Morgan fingerprint density at radius 2 is 1.34 bits per heavy atom. The lowest BCUT2D eigenvalue weighted by Crippen LogP contribution is -2.51. The van der Waals surface area contributed by atoms with E-state index in [9.17, 15) is 9.59 Å². The molecule has 29 heavy (non-hydrogen) atoms. The molecule has 3 fully saturated rings. The van der Waals surface area contributed by atoms with Crippen LogP contribution in [0.3, 0.4) is 0 Å². The van der Waals surface area contributed by atoms with E-state index in [2.05, 4.69) is 45.9 Å². The lowest BCUT2D eigenvalue weighted by Gasteiger charge is -2.39. The molecule has 0 radical (unpaired) electrons. The standard InChI is InChI=1S/C24H35N3O2/c1-19-6-5-13-27(18-19)24(29)21-11-9-20(10-12-21)23(28)26-16-14-25(15-17-26)22-7-3-2-4-8-22/h2-4,7-8,19-21H,5-6,9-18H2,1H3. The molecule has 1 atom stereocenters. The summed E-state index contributed by atoms with van der Waals surface area (Å²) in [6.45, 7) is 7.49. The van der Waals surface area contributed by atoms with Gasteiger partial charge in [0, 0.05) is 56.8 Å². The summed E-state index contributed by atoms with van der Waals surface area (Å²) in [5.41, 5.74) is 1.24. The Kier molecular flexibility index (Phi) is 6.41. The van der Waals surface area contributed by atoms with Crippen LogP contribution in [0.15, 0.2) is 30.3 Å². The highest BCUT2D eigenvalue weighted by molar-refractivity contribution is 5.81. The average molecular weight is 398 g/mol. The van der Waals surface area contributed by atoms with Gasteiger partial charge in [0.05, 0.1) is 0 Å². The first kappa shape index (κ1) is 20.2. The summed E-state index contributed by atoms with van der Waals surface area (Å²) in [6.07, 6.45) is 5.88. The van der Waals surface area contributed by atoms with Crippen LogP contribution in [0.5, 0.6) is 0 Å². The Morgan fingerprint density at radius 3 is 1.93 bits per heavy atom. The summed E-state index contributed by atoms with van der Waals surface area (Å²) in [5.74, 6) is 1.54. The van der Waals surface area contributed by atoms with Gasteiger partial charge in [-0.3, -0.25) is 9.59 Å². The lowest BCUT2D eigenvalue weighted by atomic mass is 9.80. The maximum atomic E-state index is 13.0. The number of para-hydroxylation sites is 1. The fourth-order valence-electron chi connectivity index (χ4n) is 5.32. The third-order valence-corrected chi connectivity index (χ3v) is 7.11. The molecular weight excluding hydrogens is 362 g/mol. The minimum Gasteiger partial charge on any atom is -0.368 e. The number of anilines is 1. The van der Waals surface area contributed by atoms with Gasteiger partial charge in [0.2, 0.25) is 11.8 Å². The maximum absolute atomic E-state index is 13.0. The van der Waals surface area contributed by atoms with Crippen molar-refractivity contribution in [3.8, 4) is 0 Å². The Bertz CT molecular complexity index is 691. The number of carbonyl (C=O) groups is 2. The van der Waals surface area contributed by atoms with Crippen LogP contribution < -0.4 is 4.90 Å². The average Bonchev–Trinajstić information content (AvgIpc) is 2.79. The van der Waals surface area contributed by atoms with Gasteiger partial charge in [-0.15, -0.1) is 0 Å². The van der Waals surface area contributed by atoms with Crippen molar-refractivity contribution in [1.29, 1.82) is 0 Å². The predicted molar refractivity (Wildman–Crippen MR) is 116 cm³/mol. The number of hydrogen-bond donors (Lipinski definition) is 0. The van der Waals surface area contributed by atoms with E-state index in [0.717, 1.165) is 71.4 Å². The fourth-order valence-corrected chi connectivity index (χ4v) is 5.32. The number of amides is 2. The highest BCUT2D eigenvalue weighted by Crippen LogP contribution is 2.32. The second kappa shape index (κ2) is 9.19. The minimum atomic E-state index is 0.114. The zero-order valence-corrected chi connectivity index (χ0v) is 17.8. The molecule has 3 aliphatic rings. The summed E-state index contributed by atoms with van der Waals surface area (Å²) in [4.78, 5) is 32.4. The first-order valence-corrected chi connectivity index (χ1v) is 11.5. The highest BCUT2D eigenvalue weighted by Gasteiger charge is 2.35. The van der Waals surface area contributed by atoms with Crippen molar-refractivity contribution < 1.29 is 9.59 Å². The van der Waals surface area contributed by atoms with Gasteiger partial charge in [0.1, 0.15) is 0 Å². The number of hydrogen-bond acceptors (Lipinski definition) is 3. The van der Waals surface area contributed by atoms with E-state index in [0.29, 0.717) is 17.7 Å². The van der Waals surface area contributed by atoms with Crippen molar-refractivity contribution in [2.45, 2.75) is 45.4 Å². The topological polar surface area (TPSA) is 43.9 Å². The molecule has 1 aliphatic carbocycles. The van der Waals surface area contributed by atoms with Gasteiger partial charge in [0.25, 0.3) is 0 Å². The molecule has 0 aromatic heterocycles. The van der Waals surface area contributed by atoms with Crippen molar-refractivity contribution in [1.82, 2.24) is 9.80 Å². The number of piperazine rings is 1. The van der Waals surface area contributed by atoms with Crippen LogP contribution in [0.2, 0.25) is 0 Å². The summed E-state index contributed by atoms with van der Waals surface area (Å²) in [5, 5.41) is 0. The number of nitrogens with zero attached hydrogens (tertiary/aromatic N) is 3. The van der Waals surface area contributed by atoms with Crippen molar-refractivity contribution in [2.75, 3.05) is 44.2 Å². The van der Waals surface area contributed by atoms with E-state index in [1.165, 1.54) is 12.1 Å². The third-order valence-electron chi connectivity index (χ3n) is 7.11. The maximum Gasteiger partial charge on any atom is 0.225 e. The zero-order valence-electron chi connectivity index (χ0n) is 17.8. The van der Waals surface area contributed by atoms with E-state index in [4.69, 9.17) is 0 Å². The van der Waals surface area contributed by atoms with E-state index >= 15 is 0 Å². The van der Waals surface area contributed by atoms with Crippen LogP contribution in [0.25, 0.3) is 0 Å². The van der Waals surface area contributed by atoms with Crippen molar-refractivity contribution >= 4 is 17.5 Å². The molecule has 2 amide bonds. The second-order valence-electron chi connectivity index (χ2n) is 9.23. The molecule has 0 spiro atoms. The molecule has 2 heterocycles. The van der Waals surface area contributed by atoms with Crippen molar-refractivity contribution in [3.05, 3.63) is 30.3 Å². The van der Waals surface area contributed by atoms with E-state index in [1.54, 1.807) is 0 Å². The summed E-state index contributed by atoms with van der Waals surface area (Å²) in [6, 6.07) is 10.4. The Labute approximate surface area is 175 Å². The van der Waals surface area contributed by atoms with E-state index in [-0.39, 0.29) is 11.8 Å². The van der Waals surface area contributed by atoms with Crippen LogP contribution in [0, 0.1) is 17.8 Å². The van der Waals surface area contributed by atoms with Gasteiger partial charge in [0.15, 0.2) is 0 Å². The third kappa shape index (κ3) is 4.76. The number of likely N-dealkylation sites (tertiary alicyclic amines) is 1. The molecular formula is C24H35N3O2. The lowest BCUT2D eigenvalue weighted by molar-refractivity contribution is -0.142. The Morgan fingerprint density at radius 1 is 0.759 bits per heavy atom. The summed E-state index contributed by atoms with van der Waals surface area (Å²) in [7, 11) is 0. The molecule has 2 aliphatic heterocycles. The van der Waals surface area contributed by atoms with E-state index in [1.807, 2.05) is 6.07 Å². The monoisotopic (exact) mass is 397 g/mol. The van der Waals surface area contributed by atoms with Gasteiger partial charge in [-0.05, 0) is 56.6 Å². The molecule has 1 saturated carbocycles. The van der Waals surface area contributed by atoms with Gasteiger partial charge >= 0.3 is 0 Å². The molecule has 1 aromatic carbocycles. The molecule has 1 unspecified atom stereocenters. The van der Waals surface area contributed by atoms with Crippen molar-refractivity contribution in [3.63, 3.8) is 0 Å². The summed E-state index contributed by atoms with van der Waals surface area (Å²) < 4.78 is 0. The Balaban J connectivity index is 1.24. The van der Waals surface area contributed by atoms with Gasteiger partial charge in [-0.25, -0.2) is 0 Å². The predicted octanol–water partition coefficient (Wildman–Crippen LogP) is 3.40. The van der Waals surface area contributed by atoms with Crippen LogP contribution in [0.1, 0.15) is 45.4 Å². The first-order valence-electron chi connectivity index (χ1n) is 11.5. The van der Waals surface area contributed by atoms with Gasteiger partial charge in [-0.2, -0.15) is 0 Å². The molecule has 4 rings (SSSR count). The van der Waals surface area contributed by atoms with Crippen molar-refractivity contribution in [2.24, 2.45) is 17.8 Å². The van der Waals surface area contributed by atoms with Gasteiger partial charge < -0.3 is 14.7 Å². The molecule has 0 bridgehead atoms. The molecule has 2 saturated heterocycles. The zero-order chi connectivity index (χ0) is 20.2. The molecule has 158 valence electrons. The minimum absolute atomic E-state index is 0.114. The van der Waals surface area contributed by atoms with Gasteiger partial charge in [-0.1, -0.05) is 25.1 Å². The number of piperidine rings is 1. The SMILES string of the molecule is CC1CCCN(C(=O)C2CCC(C(=O)N3CCN(c4ccccc4)CC3)CC2)C1. The second-order valence-corrected chi connectivity index (χ2v) is 9.23. The summed E-state index contributed by atoms with van der Waals surface area (Å²) >= 11 is 0. The normalized spacial score (nSPS) is 28.3. The molecule has 1 aromatic rings. The largest absolute Gasteiger partial charge is 0.368 e. The smallest absolute Gasteiger partial charge is 0.225 e. The van der Waals surface area contributed by atoms with Crippen LogP contribution in [-0.4, -0.2) is 60.9 Å². The quantitative estimate of drug-likeness (QED) is 0.785. The molecule has 0 N–H and O–H groups in total. The first-order chi connectivity index (χ1) is 14.1. The van der Waals surface area contributed by atoms with Crippen LogP contribution >= 0.6 is 0 Å². The van der Waals surface area contributed by atoms with Crippen LogP contribution in [-0.2, 0) is 9.59 Å². The highest BCUT2D eigenvalue weighted by atomic mass is 16.2.